The Morgan fingerprint density at radius 2 is 1.43 bits per heavy atom. The lowest BCUT2D eigenvalue weighted by molar-refractivity contribution is -0.131. The molecule has 2 fully saturated rings. The van der Waals surface area contributed by atoms with E-state index in [0.29, 0.717) is 19.6 Å². The first-order valence-corrected chi connectivity index (χ1v) is 10.9. The van der Waals surface area contributed by atoms with Crippen LogP contribution in [0.15, 0.2) is 54.6 Å². The minimum Gasteiger partial charge on any atom is -0.342 e. The van der Waals surface area contributed by atoms with E-state index in [2.05, 4.69) is 28.4 Å². The number of nitrogens with zero attached hydrogens (tertiary/aromatic N) is 3. The molecule has 0 aliphatic carbocycles. The topological polar surface area (TPSA) is 55.9 Å². The maximum Gasteiger partial charge on any atom is 0.321 e. The van der Waals surface area contributed by atoms with E-state index in [4.69, 9.17) is 0 Å². The number of amides is 3. The van der Waals surface area contributed by atoms with Crippen LogP contribution < -0.4 is 5.32 Å². The fraction of sp³-hybridized carbons (Fsp3) is 0.417. The summed E-state index contributed by atoms with van der Waals surface area (Å²) in [5.74, 6) is 0.222. The second-order valence-electron chi connectivity index (χ2n) is 8.10. The van der Waals surface area contributed by atoms with Crippen LogP contribution in [-0.4, -0.2) is 72.5 Å². The summed E-state index contributed by atoms with van der Waals surface area (Å²) < 4.78 is 0. The van der Waals surface area contributed by atoms with Crippen LogP contribution in [0.1, 0.15) is 24.0 Å². The smallest absolute Gasteiger partial charge is 0.321 e. The Balaban J connectivity index is 1.29. The van der Waals surface area contributed by atoms with Crippen molar-refractivity contribution in [2.24, 2.45) is 0 Å². The molecule has 6 heteroatoms. The van der Waals surface area contributed by atoms with E-state index in [1.54, 1.807) is 0 Å². The predicted molar refractivity (Wildman–Crippen MR) is 119 cm³/mol. The lowest BCUT2D eigenvalue weighted by atomic mass is 10.0. The SMILES string of the molecule is O=C(CN1CCN(C(=O)Nc2ccccc2Cc2ccccc2)CC1)N1CCCC1. The van der Waals surface area contributed by atoms with Gasteiger partial charge in [0.1, 0.15) is 0 Å². The fourth-order valence-corrected chi connectivity index (χ4v) is 4.17. The summed E-state index contributed by atoms with van der Waals surface area (Å²) in [4.78, 5) is 31.1. The van der Waals surface area contributed by atoms with E-state index in [0.717, 1.165) is 56.7 Å². The lowest BCUT2D eigenvalue weighted by Crippen LogP contribution is -2.52. The largest absolute Gasteiger partial charge is 0.342 e. The Morgan fingerprint density at radius 3 is 2.17 bits per heavy atom. The summed E-state index contributed by atoms with van der Waals surface area (Å²) in [7, 11) is 0. The molecule has 0 spiro atoms. The molecule has 2 aromatic rings. The van der Waals surface area contributed by atoms with Crippen molar-refractivity contribution >= 4 is 17.6 Å². The van der Waals surface area contributed by atoms with Gasteiger partial charge in [0.05, 0.1) is 6.54 Å². The average molecular weight is 407 g/mol. The first kappa shape index (κ1) is 20.4. The van der Waals surface area contributed by atoms with Gasteiger partial charge >= 0.3 is 6.03 Å². The molecule has 0 unspecified atom stereocenters. The second-order valence-corrected chi connectivity index (χ2v) is 8.10. The van der Waals surface area contributed by atoms with E-state index in [9.17, 15) is 9.59 Å². The Hall–Kier alpha value is -2.86. The molecule has 2 aliphatic heterocycles. The third-order valence-corrected chi connectivity index (χ3v) is 5.97. The van der Waals surface area contributed by atoms with Gasteiger partial charge < -0.3 is 15.1 Å². The van der Waals surface area contributed by atoms with Crippen molar-refractivity contribution in [2.45, 2.75) is 19.3 Å². The first-order valence-electron chi connectivity index (χ1n) is 10.9. The molecule has 2 aromatic carbocycles. The van der Waals surface area contributed by atoms with Crippen molar-refractivity contribution in [3.05, 3.63) is 65.7 Å². The van der Waals surface area contributed by atoms with Gasteiger partial charge in [-0.2, -0.15) is 0 Å². The monoisotopic (exact) mass is 406 g/mol. The van der Waals surface area contributed by atoms with Gasteiger partial charge in [-0.1, -0.05) is 48.5 Å². The Kier molecular flexibility index (Phi) is 6.64. The van der Waals surface area contributed by atoms with Crippen molar-refractivity contribution in [1.82, 2.24) is 14.7 Å². The Morgan fingerprint density at radius 1 is 0.767 bits per heavy atom. The molecule has 0 bridgehead atoms. The summed E-state index contributed by atoms with van der Waals surface area (Å²) >= 11 is 0. The number of hydrogen-bond acceptors (Lipinski definition) is 3. The summed E-state index contributed by atoms with van der Waals surface area (Å²) in [6.07, 6.45) is 3.01. The van der Waals surface area contributed by atoms with Crippen LogP contribution in [0.5, 0.6) is 0 Å². The summed E-state index contributed by atoms with van der Waals surface area (Å²) in [6, 6.07) is 18.2. The lowest BCUT2D eigenvalue weighted by Gasteiger charge is -2.35. The molecule has 0 aromatic heterocycles. The molecule has 0 atom stereocenters. The van der Waals surface area contributed by atoms with Crippen LogP contribution >= 0.6 is 0 Å². The number of urea groups is 1. The molecule has 2 saturated heterocycles. The maximum atomic E-state index is 12.8. The molecule has 4 rings (SSSR count). The van der Waals surface area contributed by atoms with E-state index < -0.39 is 0 Å². The molecule has 1 N–H and O–H groups in total. The van der Waals surface area contributed by atoms with Crippen LogP contribution in [-0.2, 0) is 11.2 Å². The molecule has 2 heterocycles. The number of hydrogen-bond donors (Lipinski definition) is 1. The van der Waals surface area contributed by atoms with Gasteiger partial charge in [-0.15, -0.1) is 0 Å². The van der Waals surface area contributed by atoms with Gasteiger partial charge in [-0.05, 0) is 36.5 Å². The number of carbonyl (C=O) groups excluding carboxylic acids is 2. The number of piperazine rings is 1. The minimum absolute atomic E-state index is 0.0685. The molecule has 30 heavy (non-hydrogen) atoms. The molecular formula is C24H30N4O2. The number of nitrogens with one attached hydrogen (secondary N) is 1. The quantitative estimate of drug-likeness (QED) is 0.830. The van der Waals surface area contributed by atoms with Crippen LogP contribution in [0.25, 0.3) is 0 Å². The first-order chi connectivity index (χ1) is 14.7. The highest BCUT2D eigenvalue weighted by atomic mass is 16.2. The normalized spacial score (nSPS) is 17.2. The molecule has 2 aliphatic rings. The predicted octanol–water partition coefficient (Wildman–Crippen LogP) is 3.05. The zero-order chi connectivity index (χ0) is 20.8. The number of para-hydroxylation sites is 1. The molecule has 0 radical (unpaired) electrons. The molecule has 158 valence electrons. The number of likely N-dealkylation sites (tertiary alicyclic amines) is 1. The van der Waals surface area contributed by atoms with E-state index in [-0.39, 0.29) is 11.9 Å². The van der Waals surface area contributed by atoms with Gasteiger partial charge in [-0.25, -0.2) is 4.79 Å². The number of benzene rings is 2. The number of carbonyl (C=O) groups is 2. The second kappa shape index (κ2) is 9.76. The van der Waals surface area contributed by atoms with E-state index in [1.165, 1.54) is 5.56 Å². The summed E-state index contributed by atoms with van der Waals surface area (Å²) in [5.41, 5.74) is 3.18. The molecule has 3 amide bonds. The van der Waals surface area contributed by atoms with Gasteiger partial charge in [0.2, 0.25) is 5.91 Å². The summed E-state index contributed by atoms with van der Waals surface area (Å²) in [6.45, 7) is 5.00. The van der Waals surface area contributed by atoms with Crippen molar-refractivity contribution < 1.29 is 9.59 Å². The van der Waals surface area contributed by atoms with E-state index in [1.807, 2.05) is 46.2 Å². The maximum absolute atomic E-state index is 12.8. The highest BCUT2D eigenvalue weighted by molar-refractivity contribution is 5.90. The highest BCUT2D eigenvalue weighted by Crippen LogP contribution is 2.20. The van der Waals surface area contributed by atoms with Crippen LogP contribution in [0, 0.1) is 0 Å². The van der Waals surface area contributed by atoms with Gasteiger partial charge in [0.15, 0.2) is 0 Å². The standard InChI is InChI=1S/C24H30N4O2/c29-23(27-12-6-7-13-27)19-26-14-16-28(17-15-26)24(30)25-22-11-5-4-10-21(22)18-20-8-2-1-3-9-20/h1-5,8-11H,6-7,12-19H2,(H,25,30). The van der Waals surface area contributed by atoms with Crippen molar-refractivity contribution in [3.63, 3.8) is 0 Å². The third kappa shape index (κ3) is 5.19. The molecular weight excluding hydrogens is 376 g/mol. The van der Waals surface area contributed by atoms with Gasteiger partial charge in [-0.3, -0.25) is 9.69 Å². The molecule has 6 nitrogen and oxygen atoms in total. The summed E-state index contributed by atoms with van der Waals surface area (Å²) in [5, 5.41) is 3.09. The Bertz CT molecular complexity index is 857. The van der Waals surface area contributed by atoms with Crippen LogP contribution in [0.4, 0.5) is 10.5 Å². The zero-order valence-corrected chi connectivity index (χ0v) is 17.4. The average Bonchev–Trinajstić information content (AvgIpc) is 3.31. The van der Waals surface area contributed by atoms with Gasteiger partial charge in [0.25, 0.3) is 0 Å². The third-order valence-electron chi connectivity index (χ3n) is 5.97. The number of rotatable bonds is 5. The van der Waals surface area contributed by atoms with Crippen molar-refractivity contribution in [3.8, 4) is 0 Å². The Labute approximate surface area is 178 Å². The van der Waals surface area contributed by atoms with Crippen LogP contribution in [0.3, 0.4) is 0 Å². The molecule has 0 saturated carbocycles. The van der Waals surface area contributed by atoms with Crippen LogP contribution in [0.2, 0.25) is 0 Å². The van der Waals surface area contributed by atoms with Crippen molar-refractivity contribution in [2.75, 3.05) is 51.1 Å². The minimum atomic E-state index is -0.0685. The highest BCUT2D eigenvalue weighted by Gasteiger charge is 2.25. The van der Waals surface area contributed by atoms with Gasteiger partial charge in [0, 0.05) is 45.0 Å². The fourth-order valence-electron chi connectivity index (χ4n) is 4.17. The number of anilines is 1. The van der Waals surface area contributed by atoms with E-state index >= 15 is 0 Å². The van der Waals surface area contributed by atoms with Crippen molar-refractivity contribution in [1.29, 1.82) is 0 Å². The zero-order valence-electron chi connectivity index (χ0n) is 17.4.